The smallest absolute Gasteiger partial charge is 0.305 e. The van der Waals surface area contributed by atoms with E-state index in [0.717, 1.165) is 56.9 Å². The molecule has 0 aromatic heterocycles. The average Bonchev–Trinajstić information content (AvgIpc) is 3.02. The van der Waals surface area contributed by atoms with E-state index in [1.54, 1.807) is 0 Å². The van der Waals surface area contributed by atoms with E-state index in [1.807, 2.05) is 0 Å². The fourth-order valence-electron chi connectivity index (χ4n) is 6.73. The standard InChI is InChI=1S/C43H86N2O4/c1-36(2)24-26-40(38(5)6)28-34-48-42(46)22-17-13-11-15-19-31-45(33-21-30-44(9)10)32-20-16-12-14-18-23-43(47)49-35-29-41(39(7)8)27-25-37(3)4/h36-41H,11-35H2,1-10H3. The Balaban J connectivity index is 4.09. The largest absolute Gasteiger partial charge is 0.466 e. The van der Waals surface area contributed by atoms with Crippen LogP contribution in [0.1, 0.15) is 177 Å². The Morgan fingerprint density at radius 3 is 1.18 bits per heavy atom. The molecule has 0 amide bonds. The maximum absolute atomic E-state index is 12.3. The van der Waals surface area contributed by atoms with Crippen LogP contribution in [0.25, 0.3) is 0 Å². The predicted molar refractivity (Wildman–Crippen MR) is 211 cm³/mol. The van der Waals surface area contributed by atoms with Crippen molar-refractivity contribution in [3.05, 3.63) is 0 Å². The quantitative estimate of drug-likeness (QED) is 0.0494. The summed E-state index contributed by atoms with van der Waals surface area (Å²) in [6, 6.07) is 0. The molecule has 0 aromatic carbocycles. The molecule has 0 saturated carbocycles. The van der Waals surface area contributed by atoms with Crippen molar-refractivity contribution in [2.45, 2.75) is 177 Å². The molecule has 0 fully saturated rings. The van der Waals surface area contributed by atoms with Gasteiger partial charge in [0.2, 0.25) is 0 Å². The minimum atomic E-state index is -0.0129. The Morgan fingerprint density at radius 2 is 0.816 bits per heavy atom. The molecule has 0 N–H and O–H groups in total. The van der Waals surface area contributed by atoms with Crippen molar-refractivity contribution in [3.63, 3.8) is 0 Å². The zero-order chi connectivity index (χ0) is 36.9. The first kappa shape index (κ1) is 47.9. The summed E-state index contributed by atoms with van der Waals surface area (Å²) in [7, 11) is 4.31. The lowest BCUT2D eigenvalue weighted by Gasteiger charge is -2.23. The van der Waals surface area contributed by atoms with Gasteiger partial charge in [0.1, 0.15) is 0 Å². The van der Waals surface area contributed by atoms with E-state index < -0.39 is 0 Å². The van der Waals surface area contributed by atoms with Crippen LogP contribution < -0.4 is 0 Å². The van der Waals surface area contributed by atoms with E-state index in [9.17, 15) is 9.59 Å². The molecule has 0 bridgehead atoms. The third-order valence-corrected chi connectivity index (χ3v) is 10.4. The molecule has 2 atom stereocenters. The Bertz CT molecular complexity index is 711. The number of nitrogens with zero attached hydrogens (tertiary/aromatic N) is 2. The van der Waals surface area contributed by atoms with Gasteiger partial charge in [-0.15, -0.1) is 0 Å². The minimum absolute atomic E-state index is 0.0129. The van der Waals surface area contributed by atoms with Gasteiger partial charge in [0.25, 0.3) is 0 Å². The molecule has 0 rings (SSSR count). The Morgan fingerprint density at radius 1 is 0.449 bits per heavy atom. The lowest BCUT2D eigenvalue weighted by Crippen LogP contribution is -2.29. The highest BCUT2D eigenvalue weighted by atomic mass is 16.5. The zero-order valence-electron chi connectivity index (χ0n) is 34.7. The zero-order valence-corrected chi connectivity index (χ0v) is 34.7. The Labute approximate surface area is 306 Å². The second-order valence-electron chi connectivity index (χ2n) is 17.0. The normalized spacial score (nSPS) is 13.4. The average molecular weight is 695 g/mol. The molecule has 6 heteroatoms. The lowest BCUT2D eigenvalue weighted by atomic mass is 9.86. The van der Waals surface area contributed by atoms with E-state index >= 15 is 0 Å². The molecule has 0 heterocycles. The van der Waals surface area contributed by atoms with Gasteiger partial charge in [-0.2, -0.15) is 0 Å². The molecular weight excluding hydrogens is 608 g/mol. The van der Waals surface area contributed by atoms with Gasteiger partial charge in [-0.1, -0.05) is 107 Å². The molecule has 0 aliphatic carbocycles. The minimum Gasteiger partial charge on any atom is -0.466 e. The van der Waals surface area contributed by atoms with E-state index in [4.69, 9.17) is 9.47 Å². The number of rotatable bonds is 34. The number of hydrogen-bond donors (Lipinski definition) is 0. The number of esters is 2. The van der Waals surface area contributed by atoms with Crippen LogP contribution in [0.5, 0.6) is 0 Å². The van der Waals surface area contributed by atoms with Gasteiger partial charge in [-0.3, -0.25) is 9.59 Å². The molecule has 0 aliphatic rings. The van der Waals surface area contributed by atoms with Gasteiger partial charge in [0, 0.05) is 12.8 Å². The van der Waals surface area contributed by atoms with Crippen molar-refractivity contribution in [3.8, 4) is 0 Å². The molecule has 6 nitrogen and oxygen atoms in total. The van der Waals surface area contributed by atoms with Crippen LogP contribution in [0.4, 0.5) is 0 Å². The van der Waals surface area contributed by atoms with Crippen molar-refractivity contribution in [2.24, 2.45) is 35.5 Å². The predicted octanol–water partition coefficient (Wildman–Crippen LogP) is 11.2. The highest BCUT2D eigenvalue weighted by molar-refractivity contribution is 5.69. The lowest BCUT2D eigenvalue weighted by molar-refractivity contribution is -0.145. The molecule has 0 saturated heterocycles. The molecule has 2 unspecified atom stereocenters. The van der Waals surface area contributed by atoms with Crippen LogP contribution in [0.2, 0.25) is 0 Å². The third kappa shape index (κ3) is 31.3. The third-order valence-electron chi connectivity index (χ3n) is 10.4. The summed E-state index contributed by atoms with van der Waals surface area (Å²) >= 11 is 0. The molecule has 0 radical (unpaired) electrons. The number of unbranched alkanes of at least 4 members (excludes halogenated alkanes) is 8. The molecular formula is C43H86N2O4. The summed E-state index contributed by atoms with van der Waals surface area (Å²) in [5.41, 5.74) is 0. The van der Waals surface area contributed by atoms with Crippen LogP contribution >= 0.6 is 0 Å². The second kappa shape index (κ2) is 31.6. The van der Waals surface area contributed by atoms with Gasteiger partial charge in [0.15, 0.2) is 0 Å². The Kier molecular flexibility index (Phi) is 30.8. The van der Waals surface area contributed by atoms with Crippen LogP contribution in [0.3, 0.4) is 0 Å². The SMILES string of the molecule is CC(C)CCC(CCOC(=O)CCCCCCCN(CCCCCCCC(=O)OCCC(CCC(C)C)C(C)C)CCCN(C)C)C(C)C. The molecule has 49 heavy (non-hydrogen) atoms. The van der Waals surface area contributed by atoms with Crippen LogP contribution in [-0.4, -0.2) is 75.2 Å². The topological polar surface area (TPSA) is 59.1 Å². The molecule has 0 spiro atoms. The number of ether oxygens (including phenoxy) is 2. The highest BCUT2D eigenvalue weighted by Gasteiger charge is 2.16. The monoisotopic (exact) mass is 695 g/mol. The van der Waals surface area contributed by atoms with Gasteiger partial charge in [-0.25, -0.2) is 0 Å². The molecule has 292 valence electrons. The van der Waals surface area contributed by atoms with Crippen LogP contribution in [-0.2, 0) is 19.1 Å². The summed E-state index contributed by atoms with van der Waals surface area (Å²) in [6.07, 6.45) is 20.7. The maximum atomic E-state index is 12.3. The number of hydrogen-bond acceptors (Lipinski definition) is 6. The van der Waals surface area contributed by atoms with Gasteiger partial charge < -0.3 is 19.3 Å². The Hall–Kier alpha value is -1.14. The molecule has 0 aromatic rings. The van der Waals surface area contributed by atoms with Gasteiger partial charge >= 0.3 is 11.9 Å². The fourth-order valence-corrected chi connectivity index (χ4v) is 6.73. The fraction of sp³-hybridized carbons (Fsp3) is 0.953. The first-order chi connectivity index (χ1) is 23.3. The number of carbonyl (C=O) groups excluding carboxylic acids is 2. The van der Waals surface area contributed by atoms with Crippen molar-refractivity contribution in [2.75, 3.05) is 53.5 Å². The van der Waals surface area contributed by atoms with E-state index in [2.05, 4.69) is 79.3 Å². The summed E-state index contributed by atoms with van der Waals surface area (Å²) in [5, 5.41) is 0. The van der Waals surface area contributed by atoms with Gasteiger partial charge in [0.05, 0.1) is 13.2 Å². The summed E-state index contributed by atoms with van der Waals surface area (Å²) in [6.45, 7) is 24.1. The van der Waals surface area contributed by atoms with E-state index in [-0.39, 0.29) is 11.9 Å². The second-order valence-corrected chi connectivity index (χ2v) is 17.0. The highest BCUT2D eigenvalue weighted by Crippen LogP contribution is 2.24. The summed E-state index contributed by atoms with van der Waals surface area (Å²) in [5.74, 6) is 4.04. The number of carbonyl (C=O) groups is 2. The van der Waals surface area contributed by atoms with Crippen molar-refractivity contribution in [1.82, 2.24) is 9.80 Å². The van der Waals surface area contributed by atoms with Crippen molar-refractivity contribution in [1.29, 1.82) is 0 Å². The first-order valence-corrected chi connectivity index (χ1v) is 21.0. The summed E-state index contributed by atoms with van der Waals surface area (Å²) in [4.78, 5) is 29.5. The maximum Gasteiger partial charge on any atom is 0.305 e. The van der Waals surface area contributed by atoms with E-state index in [1.165, 1.54) is 90.3 Å². The van der Waals surface area contributed by atoms with Crippen molar-refractivity contribution >= 4 is 11.9 Å². The summed E-state index contributed by atoms with van der Waals surface area (Å²) < 4.78 is 11.2. The van der Waals surface area contributed by atoms with Crippen LogP contribution in [0.15, 0.2) is 0 Å². The first-order valence-electron chi connectivity index (χ1n) is 21.0. The molecule has 0 aliphatic heterocycles. The van der Waals surface area contributed by atoms with Crippen molar-refractivity contribution < 1.29 is 19.1 Å². The van der Waals surface area contributed by atoms with Gasteiger partial charge in [-0.05, 0) is 134 Å². The van der Waals surface area contributed by atoms with Crippen LogP contribution in [0, 0.1) is 35.5 Å². The van der Waals surface area contributed by atoms with E-state index in [0.29, 0.717) is 49.7 Å².